The number of carbonyl (C=O) groups is 2. The highest BCUT2D eigenvalue weighted by Gasteiger charge is 2.03. The van der Waals surface area contributed by atoms with Crippen LogP contribution in [0, 0.1) is 0 Å². The molecule has 6 nitrogen and oxygen atoms in total. The van der Waals surface area contributed by atoms with Crippen LogP contribution in [0.25, 0.3) is 0 Å². The fraction of sp³-hybridized carbons (Fsp3) is 0.391. The van der Waals surface area contributed by atoms with E-state index in [0.29, 0.717) is 18.7 Å². The van der Waals surface area contributed by atoms with E-state index < -0.39 is 0 Å². The third-order valence-corrected chi connectivity index (χ3v) is 4.72. The number of nitrogens with zero attached hydrogens (tertiary/aromatic N) is 1. The number of benzene rings is 2. The molecule has 0 spiro atoms. The van der Waals surface area contributed by atoms with Crippen molar-refractivity contribution in [1.82, 2.24) is 10.2 Å². The zero-order valence-electron chi connectivity index (χ0n) is 17.3. The maximum absolute atomic E-state index is 11.8. The maximum Gasteiger partial charge on any atom is 0.319 e. The first-order valence-corrected chi connectivity index (χ1v) is 9.99. The van der Waals surface area contributed by atoms with Crippen LogP contribution in [0.15, 0.2) is 48.5 Å². The van der Waals surface area contributed by atoms with E-state index in [1.807, 2.05) is 36.4 Å². The molecule has 1 saturated heterocycles. The Kier molecular flexibility index (Phi) is 9.72. The van der Waals surface area contributed by atoms with Gasteiger partial charge in [-0.05, 0) is 68.4 Å². The van der Waals surface area contributed by atoms with Gasteiger partial charge in [-0.1, -0.05) is 30.7 Å². The largest absolute Gasteiger partial charge is 0.497 e. The lowest BCUT2D eigenvalue weighted by molar-refractivity contribution is -0.107. The van der Waals surface area contributed by atoms with Gasteiger partial charge in [-0.25, -0.2) is 4.79 Å². The van der Waals surface area contributed by atoms with Gasteiger partial charge in [-0.15, -0.1) is 0 Å². The summed E-state index contributed by atoms with van der Waals surface area (Å²) in [4.78, 5) is 24.6. The van der Waals surface area contributed by atoms with Gasteiger partial charge in [-0.3, -0.25) is 0 Å². The van der Waals surface area contributed by atoms with E-state index in [2.05, 4.69) is 22.6 Å². The van der Waals surface area contributed by atoms with Gasteiger partial charge in [0.1, 0.15) is 12.0 Å². The summed E-state index contributed by atoms with van der Waals surface area (Å²) in [5, 5.41) is 5.52. The van der Waals surface area contributed by atoms with E-state index in [9.17, 15) is 9.59 Å². The van der Waals surface area contributed by atoms with Crippen LogP contribution in [0.4, 0.5) is 10.5 Å². The summed E-state index contributed by atoms with van der Waals surface area (Å²) < 4.78 is 5.08. The standard InChI is InChI=1S/C17H18N2O3.C6H13N/c1-22-16-8-4-14(5-9-16)12-18-17(21)19-15-6-2-13(3-7-15)10-11-20;1-7-5-3-2-4-6-7/h2-9,11H,10,12H2,1H3,(H2,18,19,21);2-6H2,1H3. The van der Waals surface area contributed by atoms with Crippen LogP contribution < -0.4 is 15.4 Å². The van der Waals surface area contributed by atoms with Crippen molar-refractivity contribution in [2.75, 3.05) is 32.6 Å². The van der Waals surface area contributed by atoms with E-state index in [1.54, 1.807) is 19.2 Å². The smallest absolute Gasteiger partial charge is 0.319 e. The first-order valence-electron chi connectivity index (χ1n) is 9.99. The number of methoxy groups -OCH3 is 1. The second-order valence-electron chi connectivity index (χ2n) is 7.09. The fourth-order valence-corrected chi connectivity index (χ4v) is 2.97. The number of hydrogen-bond donors (Lipinski definition) is 2. The van der Waals surface area contributed by atoms with Gasteiger partial charge >= 0.3 is 6.03 Å². The van der Waals surface area contributed by atoms with Gasteiger partial charge in [-0.2, -0.15) is 0 Å². The number of hydrogen-bond acceptors (Lipinski definition) is 4. The molecule has 0 aliphatic carbocycles. The molecule has 6 heteroatoms. The zero-order chi connectivity index (χ0) is 20.9. The second kappa shape index (κ2) is 12.6. The van der Waals surface area contributed by atoms with Crippen molar-refractivity contribution in [2.45, 2.75) is 32.2 Å². The lowest BCUT2D eigenvalue weighted by Gasteiger charge is -2.20. The van der Waals surface area contributed by atoms with Crippen molar-refractivity contribution in [3.63, 3.8) is 0 Å². The molecule has 0 saturated carbocycles. The molecule has 3 rings (SSSR count). The molecule has 1 aliphatic rings. The summed E-state index contributed by atoms with van der Waals surface area (Å²) in [5.41, 5.74) is 2.58. The lowest BCUT2D eigenvalue weighted by Crippen LogP contribution is -2.28. The summed E-state index contributed by atoms with van der Waals surface area (Å²) in [6.45, 7) is 3.07. The molecule has 29 heavy (non-hydrogen) atoms. The van der Waals surface area contributed by atoms with Crippen LogP contribution in [-0.4, -0.2) is 44.5 Å². The monoisotopic (exact) mass is 397 g/mol. The number of amides is 2. The summed E-state index contributed by atoms with van der Waals surface area (Å²) >= 11 is 0. The second-order valence-corrected chi connectivity index (χ2v) is 7.09. The molecule has 0 bridgehead atoms. The van der Waals surface area contributed by atoms with Crippen LogP contribution in [0.3, 0.4) is 0 Å². The number of rotatable bonds is 6. The number of piperidine rings is 1. The van der Waals surface area contributed by atoms with Crippen LogP contribution in [0.1, 0.15) is 30.4 Å². The molecular weight excluding hydrogens is 366 g/mol. The Morgan fingerprint density at radius 2 is 1.62 bits per heavy atom. The van der Waals surface area contributed by atoms with E-state index >= 15 is 0 Å². The van der Waals surface area contributed by atoms with Gasteiger partial charge in [0.2, 0.25) is 0 Å². The Morgan fingerprint density at radius 1 is 1.00 bits per heavy atom. The number of aldehydes is 1. The molecule has 0 atom stereocenters. The average molecular weight is 398 g/mol. The Balaban J connectivity index is 0.000000360. The van der Waals surface area contributed by atoms with Crippen molar-refractivity contribution in [2.24, 2.45) is 0 Å². The van der Waals surface area contributed by atoms with Crippen molar-refractivity contribution >= 4 is 18.0 Å². The van der Waals surface area contributed by atoms with Crippen LogP contribution in [0.5, 0.6) is 5.75 Å². The molecular formula is C23H31N3O3. The topological polar surface area (TPSA) is 70.7 Å². The molecule has 1 aliphatic heterocycles. The number of ether oxygens (including phenoxy) is 1. The van der Waals surface area contributed by atoms with E-state index in [0.717, 1.165) is 23.2 Å². The number of urea groups is 1. The highest BCUT2D eigenvalue weighted by molar-refractivity contribution is 5.89. The van der Waals surface area contributed by atoms with Crippen LogP contribution >= 0.6 is 0 Å². The molecule has 2 amide bonds. The predicted octanol–water partition coefficient (Wildman–Crippen LogP) is 3.86. The molecule has 156 valence electrons. The van der Waals surface area contributed by atoms with Gasteiger partial charge in [0.25, 0.3) is 0 Å². The fourth-order valence-electron chi connectivity index (χ4n) is 2.97. The average Bonchev–Trinajstić information content (AvgIpc) is 2.75. The molecule has 2 aromatic carbocycles. The lowest BCUT2D eigenvalue weighted by atomic mass is 10.1. The Morgan fingerprint density at radius 3 is 2.14 bits per heavy atom. The molecule has 0 radical (unpaired) electrons. The molecule has 2 aromatic rings. The van der Waals surface area contributed by atoms with Crippen molar-refractivity contribution < 1.29 is 14.3 Å². The Labute approximate surface area is 173 Å². The highest BCUT2D eigenvalue weighted by atomic mass is 16.5. The van der Waals surface area contributed by atoms with E-state index in [4.69, 9.17) is 4.74 Å². The third kappa shape index (κ3) is 8.79. The van der Waals surface area contributed by atoms with E-state index in [-0.39, 0.29) is 6.03 Å². The molecule has 1 fully saturated rings. The quantitative estimate of drug-likeness (QED) is 0.726. The predicted molar refractivity (Wildman–Crippen MR) is 116 cm³/mol. The summed E-state index contributed by atoms with van der Waals surface area (Å²) in [6, 6.07) is 14.4. The minimum absolute atomic E-state index is 0.279. The van der Waals surface area contributed by atoms with E-state index in [1.165, 1.54) is 32.4 Å². The minimum Gasteiger partial charge on any atom is -0.497 e. The summed E-state index contributed by atoms with van der Waals surface area (Å²) in [5.74, 6) is 0.781. The van der Waals surface area contributed by atoms with Crippen molar-refractivity contribution in [1.29, 1.82) is 0 Å². The Hall–Kier alpha value is -2.86. The summed E-state index contributed by atoms with van der Waals surface area (Å²) in [6.07, 6.45) is 5.51. The molecule has 0 unspecified atom stereocenters. The number of likely N-dealkylation sites (tertiary alicyclic amines) is 1. The number of anilines is 1. The first kappa shape index (κ1) is 22.4. The summed E-state index contributed by atoms with van der Waals surface area (Å²) in [7, 11) is 3.81. The highest BCUT2D eigenvalue weighted by Crippen LogP contribution is 2.12. The van der Waals surface area contributed by atoms with Crippen LogP contribution in [0.2, 0.25) is 0 Å². The van der Waals surface area contributed by atoms with Gasteiger partial charge < -0.3 is 25.1 Å². The maximum atomic E-state index is 11.8. The van der Waals surface area contributed by atoms with Crippen LogP contribution in [-0.2, 0) is 17.8 Å². The zero-order valence-corrected chi connectivity index (χ0v) is 17.3. The SMILES string of the molecule is CN1CCCCC1.COc1ccc(CNC(=O)Nc2ccc(CC=O)cc2)cc1. The molecule has 2 N–H and O–H groups in total. The third-order valence-electron chi connectivity index (χ3n) is 4.72. The number of nitrogens with one attached hydrogen (secondary N) is 2. The van der Waals surface area contributed by atoms with Crippen molar-refractivity contribution in [3.8, 4) is 5.75 Å². The number of carbonyl (C=O) groups excluding carboxylic acids is 2. The van der Waals surface area contributed by atoms with Crippen molar-refractivity contribution in [3.05, 3.63) is 59.7 Å². The van der Waals surface area contributed by atoms with Gasteiger partial charge in [0.05, 0.1) is 7.11 Å². The Bertz CT molecular complexity index is 739. The first-order chi connectivity index (χ1) is 14.1. The molecule has 0 aromatic heterocycles. The van der Waals surface area contributed by atoms with Gasteiger partial charge in [0, 0.05) is 18.7 Å². The van der Waals surface area contributed by atoms with Gasteiger partial charge in [0.15, 0.2) is 0 Å². The minimum atomic E-state index is -0.279. The molecule has 1 heterocycles. The normalized spacial score (nSPS) is 13.6.